The summed E-state index contributed by atoms with van der Waals surface area (Å²) < 4.78 is 11.0. The Labute approximate surface area is 165 Å². The Morgan fingerprint density at radius 3 is 2.89 bits per heavy atom. The van der Waals surface area contributed by atoms with Crippen molar-refractivity contribution in [2.24, 2.45) is 11.3 Å². The average Bonchev–Trinajstić information content (AvgIpc) is 3.25. The monoisotopic (exact) mass is 392 g/mol. The van der Waals surface area contributed by atoms with Crippen LogP contribution in [0.4, 0.5) is 0 Å². The number of likely N-dealkylation sites (tertiary alicyclic amines) is 1. The molecule has 2 fully saturated rings. The third kappa shape index (κ3) is 4.47. The summed E-state index contributed by atoms with van der Waals surface area (Å²) in [5.74, 6) is 0.616. The molecule has 1 aromatic carbocycles. The van der Waals surface area contributed by atoms with Crippen molar-refractivity contribution in [2.75, 3.05) is 58.9 Å². The standard InChI is InChI=1S/C20H28N2O4S/c1-3-25-10-9-21(2)19(24)20-14-22(11-16(20)12-26-15-20)18(23)13-27-17-7-5-4-6-8-17/h4-8,16H,3,9-15H2,1-2H3/t16-,20-/m1/s1. The third-order valence-electron chi connectivity index (χ3n) is 5.38. The van der Waals surface area contributed by atoms with Crippen molar-refractivity contribution in [2.45, 2.75) is 11.8 Å². The molecule has 0 N–H and O–H groups in total. The molecular formula is C20H28N2O4S. The molecule has 2 aliphatic rings. The summed E-state index contributed by atoms with van der Waals surface area (Å²) in [7, 11) is 1.81. The molecule has 27 heavy (non-hydrogen) atoms. The molecule has 0 unspecified atom stereocenters. The maximum absolute atomic E-state index is 13.1. The summed E-state index contributed by atoms with van der Waals surface area (Å²) in [6.45, 7) is 5.64. The van der Waals surface area contributed by atoms with Crippen LogP contribution >= 0.6 is 11.8 Å². The lowest BCUT2D eigenvalue weighted by molar-refractivity contribution is -0.142. The fraction of sp³-hybridized carbons (Fsp3) is 0.600. The minimum Gasteiger partial charge on any atom is -0.380 e. The molecule has 0 saturated carbocycles. The van der Waals surface area contributed by atoms with E-state index in [1.807, 2.05) is 42.2 Å². The number of thioether (sulfide) groups is 1. The van der Waals surface area contributed by atoms with Gasteiger partial charge in [-0.05, 0) is 19.1 Å². The van der Waals surface area contributed by atoms with Crippen LogP contribution in [0.5, 0.6) is 0 Å². The first-order valence-electron chi connectivity index (χ1n) is 9.43. The van der Waals surface area contributed by atoms with E-state index in [2.05, 4.69) is 0 Å². The zero-order valence-electron chi connectivity index (χ0n) is 16.1. The fourth-order valence-corrected chi connectivity index (χ4v) is 4.63. The van der Waals surface area contributed by atoms with Crippen LogP contribution in [0.3, 0.4) is 0 Å². The van der Waals surface area contributed by atoms with Crippen LogP contribution in [0.15, 0.2) is 35.2 Å². The zero-order valence-corrected chi connectivity index (χ0v) is 16.9. The highest BCUT2D eigenvalue weighted by atomic mass is 32.2. The molecule has 2 saturated heterocycles. The van der Waals surface area contributed by atoms with E-state index in [9.17, 15) is 9.59 Å². The van der Waals surface area contributed by atoms with Crippen LogP contribution in [0.1, 0.15) is 6.92 Å². The number of ether oxygens (including phenoxy) is 2. The van der Waals surface area contributed by atoms with Crippen molar-refractivity contribution in [3.05, 3.63) is 30.3 Å². The Hall–Kier alpha value is -1.57. The van der Waals surface area contributed by atoms with E-state index in [4.69, 9.17) is 9.47 Å². The molecule has 2 heterocycles. The van der Waals surface area contributed by atoms with Crippen LogP contribution in [0, 0.1) is 11.3 Å². The normalized spacial score (nSPS) is 24.1. The minimum atomic E-state index is -0.603. The Morgan fingerprint density at radius 1 is 1.37 bits per heavy atom. The Balaban J connectivity index is 1.60. The lowest BCUT2D eigenvalue weighted by Crippen LogP contribution is -2.48. The Bertz CT molecular complexity index is 657. The number of amides is 2. The van der Waals surface area contributed by atoms with E-state index >= 15 is 0 Å². The summed E-state index contributed by atoms with van der Waals surface area (Å²) in [5.41, 5.74) is -0.603. The molecule has 3 rings (SSSR count). The lowest BCUT2D eigenvalue weighted by Gasteiger charge is -2.31. The van der Waals surface area contributed by atoms with Gasteiger partial charge in [0.15, 0.2) is 0 Å². The van der Waals surface area contributed by atoms with Crippen LogP contribution in [-0.4, -0.2) is 80.5 Å². The number of carbonyl (C=O) groups excluding carboxylic acids is 2. The first-order valence-corrected chi connectivity index (χ1v) is 10.4. The highest BCUT2D eigenvalue weighted by Crippen LogP contribution is 2.43. The number of benzene rings is 1. The predicted octanol–water partition coefficient (Wildman–Crippen LogP) is 1.75. The summed E-state index contributed by atoms with van der Waals surface area (Å²) in [4.78, 5) is 30.5. The van der Waals surface area contributed by atoms with Gasteiger partial charge in [0.05, 0.1) is 31.0 Å². The number of nitrogens with zero attached hydrogens (tertiary/aromatic N) is 2. The third-order valence-corrected chi connectivity index (χ3v) is 6.38. The number of hydrogen-bond acceptors (Lipinski definition) is 5. The second-order valence-electron chi connectivity index (χ2n) is 7.17. The molecule has 0 aliphatic carbocycles. The van der Waals surface area contributed by atoms with Crippen molar-refractivity contribution >= 4 is 23.6 Å². The summed E-state index contributed by atoms with van der Waals surface area (Å²) in [6.07, 6.45) is 0. The minimum absolute atomic E-state index is 0.0655. The van der Waals surface area contributed by atoms with Gasteiger partial charge in [-0.3, -0.25) is 9.59 Å². The maximum Gasteiger partial charge on any atom is 0.233 e. The van der Waals surface area contributed by atoms with Crippen molar-refractivity contribution in [1.82, 2.24) is 9.80 Å². The molecule has 0 aromatic heterocycles. The predicted molar refractivity (Wildman–Crippen MR) is 105 cm³/mol. The number of carbonyl (C=O) groups is 2. The quantitative estimate of drug-likeness (QED) is 0.498. The lowest BCUT2D eigenvalue weighted by atomic mass is 9.79. The van der Waals surface area contributed by atoms with Gasteiger partial charge in [-0.2, -0.15) is 0 Å². The molecular weight excluding hydrogens is 364 g/mol. The van der Waals surface area contributed by atoms with E-state index in [1.54, 1.807) is 11.9 Å². The van der Waals surface area contributed by atoms with Crippen molar-refractivity contribution in [3.63, 3.8) is 0 Å². The molecule has 2 amide bonds. The largest absolute Gasteiger partial charge is 0.380 e. The Morgan fingerprint density at radius 2 is 2.15 bits per heavy atom. The second kappa shape index (κ2) is 9.08. The van der Waals surface area contributed by atoms with Crippen LogP contribution in [0.25, 0.3) is 0 Å². The molecule has 2 aliphatic heterocycles. The maximum atomic E-state index is 13.1. The number of likely N-dealkylation sites (N-methyl/N-ethyl adjacent to an activating group) is 1. The smallest absolute Gasteiger partial charge is 0.233 e. The van der Waals surface area contributed by atoms with Gasteiger partial charge in [0.2, 0.25) is 11.8 Å². The van der Waals surface area contributed by atoms with Gasteiger partial charge >= 0.3 is 0 Å². The van der Waals surface area contributed by atoms with Crippen molar-refractivity contribution in [3.8, 4) is 0 Å². The molecule has 6 nitrogen and oxygen atoms in total. The van der Waals surface area contributed by atoms with Gasteiger partial charge < -0.3 is 19.3 Å². The van der Waals surface area contributed by atoms with E-state index < -0.39 is 5.41 Å². The fourth-order valence-electron chi connectivity index (χ4n) is 3.81. The molecule has 148 valence electrons. The van der Waals surface area contributed by atoms with Crippen molar-refractivity contribution in [1.29, 1.82) is 0 Å². The van der Waals surface area contributed by atoms with E-state index in [-0.39, 0.29) is 17.7 Å². The molecule has 0 radical (unpaired) electrons. The van der Waals surface area contributed by atoms with Crippen LogP contribution < -0.4 is 0 Å². The number of hydrogen-bond donors (Lipinski definition) is 0. The van der Waals surface area contributed by atoms with Gasteiger partial charge in [-0.15, -0.1) is 11.8 Å². The molecule has 0 bridgehead atoms. The zero-order chi connectivity index (χ0) is 19.3. The summed E-state index contributed by atoms with van der Waals surface area (Å²) in [5, 5.41) is 0. The highest BCUT2D eigenvalue weighted by molar-refractivity contribution is 8.00. The number of rotatable bonds is 8. The van der Waals surface area contributed by atoms with Crippen LogP contribution in [0.2, 0.25) is 0 Å². The van der Waals surface area contributed by atoms with Gasteiger partial charge in [-0.1, -0.05) is 18.2 Å². The summed E-state index contributed by atoms with van der Waals surface area (Å²) >= 11 is 1.54. The van der Waals surface area contributed by atoms with Gasteiger partial charge in [-0.25, -0.2) is 0 Å². The van der Waals surface area contributed by atoms with Gasteiger partial charge in [0.1, 0.15) is 0 Å². The van der Waals surface area contributed by atoms with E-state index in [0.717, 1.165) is 4.90 Å². The molecule has 1 aromatic rings. The molecule has 2 atom stereocenters. The average molecular weight is 393 g/mol. The Kier molecular flexibility index (Phi) is 6.78. The van der Waals surface area contributed by atoms with E-state index in [0.29, 0.717) is 51.8 Å². The first kappa shape index (κ1) is 20.2. The van der Waals surface area contributed by atoms with Gasteiger partial charge in [0.25, 0.3) is 0 Å². The van der Waals surface area contributed by atoms with E-state index in [1.165, 1.54) is 11.8 Å². The molecule has 7 heteroatoms. The van der Waals surface area contributed by atoms with Gasteiger partial charge in [0, 0.05) is 44.1 Å². The second-order valence-corrected chi connectivity index (χ2v) is 8.22. The summed E-state index contributed by atoms with van der Waals surface area (Å²) in [6, 6.07) is 9.91. The van der Waals surface area contributed by atoms with Crippen LogP contribution in [-0.2, 0) is 19.1 Å². The topological polar surface area (TPSA) is 59.1 Å². The number of fused-ring (bicyclic) bond motifs is 1. The SMILES string of the molecule is CCOCCN(C)C(=O)[C@]12COC[C@H]1CN(C(=O)CSc1ccccc1)C2. The molecule has 0 spiro atoms. The first-order chi connectivity index (χ1) is 13.1. The highest BCUT2D eigenvalue weighted by Gasteiger charge is 2.57. The van der Waals surface area contributed by atoms with Crippen molar-refractivity contribution < 1.29 is 19.1 Å².